The number of aromatic nitrogens is 2. The largest absolute Gasteiger partial charge is 0.321 e. The maximum absolute atomic E-state index is 13.0. The van der Waals surface area contributed by atoms with Gasteiger partial charge in [0, 0.05) is 11.8 Å². The number of nitrogens with zero attached hydrogens (tertiary/aromatic N) is 2. The summed E-state index contributed by atoms with van der Waals surface area (Å²) in [5, 5.41) is 6.92. The number of anilines is 1. The fourth-order valence-corrected chi connectivity index (χ4v) is 2.69. The van der Waals surface area contributed by atoms with Crippen molar-refractivity contribution in [1.82, 2.24) is 9.78 Å². The van der Waals surface area contributed by atoms with E-state index >= 15 is 0 Å². The van der Waals surface area contributed by atoms with Crippen molar-refractivity contribution in [3.63, 3.8) is 0 Å². The van der Waals surface area contributed by atoms with E-state index in [-0.39, 0.29) is 23.6 Å². The fraction of sp³-hybridized carbons (Fsp3) is 0.150. The molecule has 2 aromatic carbocycles. The topological polar surface area (TPSA) is 64.0 Å². The minimum atomic E-state index is -0.400. The molecule has 3 aromatic rings. The van der Waals surface area contributed by atoms with Crippen molar-refractivity contribution in [1.29, 1.82) is 0 Å². The first-order valence-electron chi connectivity index (χ1n) is 8.13. The highest BCUT2D eigenvalue weighted by Gasteiger charge is 2.11. The summed E-state index contributed by atoms with van der Waals surface area (Å²) in [6, 6.07) is 14.2. The second-order valence-electron chi connectivity index (χ2n) is 6.17. The van der Waals surface area contributed by atoms with Gasteiger partial charge in [-0.05, 0) is 60.9 Å². The van der Waals surface area contributed by atoms with Crippen LogP contribution < -0.4 is 10.9 Å². The summed E-state index contributed by atoms with van der Waals surface area (Å²) in [5.74, 6) is -0.751. The summed E-state index contributed by atoms with van der Waals surface area (Å²) in [4.78, 5) is 24.5. The Morgan fingerprint density at radius 3 is 2.35 bits per heavy atom. The molecule has 132 valence electrons. The van der Waals surface area contributed by atoms with Crippen LogP contribution in [0, 0.1) is 19.7 Å². The average molecular weight is 351 g/mol. The minimum absolute atomic E-state index is 0.130. The summed E-state index contributed by atoms with van der Waals surface area (Å²) in [7, 11) is 0. The van der Waals surface area contributed by atoms with Crippen LogP contribution in [0.2, 0.25) is 0 Å². The summed E-state index contributed by atoms with van der Waals surface area (Å²) in [6.07, 6.45) is 0. The van der Waals surface area contributed by atoms with Gasteiger partial charge in [0.2, 0.25) is 0 Å². The minimum Gasteiger partial charge on any atom is -0.321 e. The number of carbonyl (C=O) groups is 1. The van der Waals surface area contributed by atoms with Crippen molar-refractivity contribution in [2.45, 2.75) is 20.4 Å². The SMILES string of the molecule is Cc1cc(C)cc(NC(=O)c2ccc(=O)n(Cc3ccc(F)cc3)n2)c1. The maximum Gasteiger partial charge on any atom is 0.276 e. The van der Waals surface area contributed by atoms with E-state index in [0.29, 0.717) is 11.3 Å². The third-order valence-corrected chi connectivity index (χ3v) is 3.82. The van der Waals surface area contributed by atoms with Crippen molar-refractivity contribution in [2.24, 2.45) is 0 Å². The molecule has 1 N–H and O–H groups in total. The van der Waals surface area contributed by atoms with Crippen LogP contribution in [0.4, 0.5) is 10.1 Å². The Balaban J connectivity index is 1.83. The molecule has 0 saturated heterocycles. The first-order chi connectivity index (χ1) is 12.4. The highest BCUT2D eigenvalue weighted by atomic mass is 19.1. The molecule has 0 spiro atoms. The van der Waals surface area contributed by atoms with Crippen LogP contribution in [0.3, 0.4) is 0 Å². The van der Waals surface area contributed by atoms with E-state index in [4.69, 9.17) is 0 Å². The molecule has 0 aliphatic rings. The third kappa shape index (κ3) is 4.22. The lowest BCUT2D eigenvalue weighted by Gasteiger charge is -2.09. The van der Waals surface area contributed by atoms with Crippen LogP contribution in [0.25, 0.3) is 0 Å². The fourth-order valence-electron chi connectivity index (χ4n) is 2.69. The van der Waals surface area contributed by atoms with E-state index in [9.17, 15) is 14.0 Å². The lowest BCUT2D eigenvalue weighted by Crippen LogP contribution is -2.26. The number of rotatable bonds is 4. The number of amides is 1. The Kier molecular flexibility index (Phi) is 4.93. The van der Waals surface area contributed by atoms with Gasteiger partial charge in [0.15, 0.2) is 0 Å². The van der Waals surface area contributed by atoms with Crippen LogP contribution in [0.15, 0.2) is 59.4 Å². The van der Waals surface area contributed by atoms with Crippen molar-refractivity contribution >= 4 is 11.6 Å². The molecule has 6 heteroatoms. The van der Waals surface area contributed by atoms with E-state index in [0.717, 1.165) is 11.1 Å². The number of halogens is 1. The quantitative estimate of drug-likeness (QED) is 0.784. The van der Waals surface area contributed by atoms with Gasteiger partial charge in [0.25, 0.3) is 11.5 Å². The van der Waals surface area contributed by atoms with E-state index in [1.54, 1.807) is 12.1 Å². The van der Waals surface area contributed by atoms with Gasteiger partial charge in [-0.15, -0.1) is 0 Å². The van der Waals surface area contributed by atoms with Gasteiger partial charge in [-0.3, -0.25) is 9.59 Å². The molecule has 0 atom stereocenters. The monoisotopic (exact) mass is 351 g/mol. The molecule has 0 saturated carbocycles. The summed E-state index contributed by atoms with van der Waals surface area (Å²) in [6.45, 7) is 4.05. The zero-order valence-corrected chi connectivity index (χ0v) is 14.5. The van der Waals surface area contributed by atoms with Crippen molar-refractivity contribution < 1.29 is 9.18 Å². The van der Waals surface area contributed by atoms with Gasteiger partial charge >= 0.3 is 0 Å². The zero-order chi connectivity index (χ0) is 18.7. The second kappa shape index (κ2) is 7.31. The molecule has 1 aromatic heterocycles. The van der Waals surface area contributed by atoms with Crippen LogP contribution in [-0.2, 0) is 6.54 Å². The Labute approximate surface area is 150 Å². The average Bonchev–Trinajstić information content (AvgIpc) is 2.58. The van der Waals surface area contributed by atoms with Gasteiger partial charge in [-0.2, -0.15) is 5.10 Å². The second-order valence-corrected chi connectivity index (χ2v) is 6.17. The third-order valence-electron chi connectivity index (χ3n) is 3.82. The first-order valence-corrected chi connectivity index (χ1v) is 8.13. The molecule has 0 aliphatic heterocycles. The van der Waals surface area contributed by atoms with Gasteiger partial charge in [-0.25, -0.2) is 9.07 Å². The Morgan fingerprint density at radius 1 is 1.04 bits per heavy atom. The van der Waals surface area contributed by atoms with Gasteiger partial charge in [0.1, 0.15) is 11.5 Å². The normalized spacial score (nSPS) is 10.6. The Bertz CT molecular complexity index is 990. The van der Waals surface area contributed by atoms with Crippen LogP contribution >= 0.6 is 0 Å². The molecule has 0 radical (unpaired) electrons. The van der Waals surface area contributed by atoms with Crippen LogP contribution in [0.5, 0.6) is 0 Å². The lowest BCUT2D eigenvalue weighted by molar-refractivity contribution is 0.102. The van der Waals surface area contributed by atoms with Gasteiger partial charge < -0.3 is 5.32 Å². The highest BCUT2D eigenvalue weighted by molar-refractivity contribution is 6.02. The van der Waals surface area contributed by atoms with Gasteiger partial charge in [0.05, 0.1) is 6.54 Å². The number of carbonyl (C=O) groups excluding carboxylic acids is 1. The highest BCUT2D eigenvalue weighted by Crippen LogP contribution is 2.14. The van der Waals surface area contributed by atoms with E-state index < -0.39 is 5.91 Å². The molecule has 5 nitrogen and oxygen atoms in total. The van der Waals surface area contributed by atoms with Crippen LogP contribution in [-0.4, -0.2) is 15.7 Å². The van der Waals surface area contributed by atoms with Crippen molar-refractivity contribution in [3.8, 4) is 0 Å². The molecule has 1 amide bonds. The summed E-state index contributed by atoms with van der Waals surface area (Å²) in [5.41, 5.74) is 3.26. The predicted molar refractivity (Wildman–Crippen MR) is 97.9 cm³/mol. The zero-order valence-electron chi connectivity index (χ0n) is 14.5. The summed E-state index contributed by atoms with van der Waals surface area (Å²) < 4.78 is 14.2. The van der Waals surface area contributed by atoms with E-state index in [2.05, 4.69) is 10.4 Å². The smallest absolute Gasteiger partial charge is 0.276 e. The molecule has 1 heterocycles. The van der Waals surface area contributed by atoms with E-state index in [1.807, 2.05) is 32.0 Å². The standard InChI is InChI=1S/C20H18FN3O2/c1-13-9-14(2)11-17(10-13)22-20(26)18-7-8-19(25)24(23-18)12-15-3-5-16(21)6-4-15/h3-11H,12H2,1-2H3,(H,22,26). The number of benzene rings is 2. The molecule has 3 rings (SSSR count). The molecule has 0 unspecified atom stereocenters. The van der Waals surface area contributed by atoms with Crippen molar-refractivity contribution in [3.05, 3.63) is 93.2 Å². The molecule has 0 bridgehead atoms. The number of hydrogen-bond acceptors (Lipinski definition) is 3. The summed E-state index contributed by atoms with van der Waals surface area (Å²) >= 11 is 0. The first kappa shape index (κ1) is 17.5. The van der Waals surface area contributed by atoms with Crippen LogP contribution in [0.1, 0.15) is 27.2 Å². The Hall–Kier alpha value is -3.28. The lowest BCUT2D eigenvalue weighted by atomic mass is 10.1. The Morgan fingerprint density at radius 2 is 1.69 bits per heavy atom. The number of aryl methyl sites for hydroxylation is 2. The maximum atomic E-state index is 13.0. The number of hydrogen-bond donors (Lipinski definition) is 1. The molecular formula is C20H18FN3O2. The van der Waals surface area contributed by atoms with Gasteiger partial charge in [-0.1, -0.05) is 18.2 Å². The van der Waals surface area contributed by atoms with Crippen molar-refractivity contribution in [2.75, 3.05) is 5.32 Å². The molecule has 26 heavy (non-hydrogen) atoms. The molecule has 0 aliphatic carbocycles. The predicted octanol–water partition coefficient (Wildman–Crippen LogP) is 3.30. The molecule has 0 fully saturated rings. The number of nitrogens with one attached hydrogen (secondary N) is 1. The van der Waals surface area contributed by atoms with E-state index in [1.165, 1.54) is 28.9 Å². The molecular weight excluding hydrogens is 333 g/mol.